The van der Waals surface area contributed by atoms with Crippen LogP contribution in [0.5, 0.6) is 0 Å². The number of rotatable bonds is 6. The van der Waals surface area contributed by atoms with Crippen molar-refractivity contribution in [3.05, 3.63) is 69.7 Å². The van der Waals surface area contributed by atoms with Crippen molar-refractivity contribution in [2.75, 3.05) is 20.6 Å². The zero-order valence-corrected chi connectivity index (χ0v) is 18.1. The Labute approximate surface area is 175 Å². The molecule has 0 unspecified atom stereocenters. The minimum absolute atomic E-state index is 0.267. The lowest BCUT2D eigenvalue weighted by Gasteiger charge is -2.22. The summed E-state index contributed by atoms with van der Waals surface area (Å²) in [6, 6.07) is 16.8. The maximum Gasteiger partial charge on any atom is 0.222 e. The molecule has 0 atom stereocenters. The van der Waals surface area contributed by atoms with Gasteiger partial charge in [-0.15, -0.1) is 0 Å². The molecule has 148 valence electrons. The van der Waals surface area contributed by atoms with Crippen LogP contribution in [-0.2, 0) is 24.4 Å². The lowest BCUT2D eigenvalue weighted by Crippen LogP contribution is -2.38. The molecule has 1 aliphatic rings. The third-order valence-electron chi connectivity index (χ3n) is 4.92. The summed E-state index contributed by atoms with van der Waals surface area (Å²) in [5.74, 6) is 1.12. The van der Waals surface area contributed by atoms with Gasteiger partial charge in [0, 0.05) is 51.2 Å². The molecule has 1 aliphatic heterocycles. The molecule has 0 aliphatic carbocycles. The third kappa shape index (κ3) is 5.58. The summed E-state index contributed by atoms with van der Waals surface area (Å²) < 4.78 is 1.08. The van der Waals surface area contributed by atoms with E-state index in [2.05, 4.69) is 79.7 Å². The predicted molar refractivity (Wildman–Crippen MR) is 117 cm³/mol. The van der Waals surface area contributed by atoms with Gasteiger partial charge in [0.05, 0.1) is 0 Å². The SMILES string of the molecule is CN=C(NCc1ccc(CN2CCCC2=O)cc1)N(C)Cc1ccc(Br)cc1. The number of nitrogens with zero attached hydrogens (tertiary/aromatic N) is 3. The zero-order chi connectivity index (χ0) is 19.9. The second-order valence-electron chi connectivity index (χ2n) is 7.12. The average molecular weight is 443 g/mol. The van der Waals surface area contributed by atoms with Gasteiger partial charge in [-0.25, -0.2) is 0 Å². The fraction of sp³-hybridized carbons (Fsp3) is 0.364. The molecular weight excluding hydrogens is 416 g/mol. The van der Waals surface area contributed by atoms with Crippen LogP contribution in [0.25, 0.3) is 0 Å². The van der Waals surface area contributed by atoms with Gasteiger partial charge in [0.15, 0.2) is 5.96 Å². The van der Waals surface area contributed by atoms with E-state index in [-0.39, 0.29) is 5.91 Å². The van der Waals surface area contributed by atoms with Crippen LogP contribution in [-0.4, -0.2) is 42.3 Å². The molecule has 0 aromatic heterocycles. The van der Waals surface area contributed by atoms with E-state index in [1.807, 2.05) is 11.9 Å². The standard InChI is InChI=1S/C22H27BrN4O/c1-24-22(26(2)15-18-9-11-20(23)12-10-18)25-14-17-5-7-19(8-6-17)16-27-13-3-4-21(27)28/h5-12H,3-4,13-16H2,1-2H3,(H,24,25). The fourth-order valence-corrected chi connectivity index (χ4v) is 3.62. The van der Waals surface area contributed by atoms with Crippen LogP contribution < -0.4 is 5.32 Å². The Morgan fingerprint density at radius 3 is 2.36 bits per heavy atom. The number of nitrogens with one attached hydrogen (secondary N) is 1. The van der Waals surface area contributed by atoms with E-state index < -0.39 is 0 Å². The second-order valence-corrected chi connectivity index (χ2v) is 8.03. The molecule has 1 fully saturated rings. The Kier molecular flexibility index (Phi) is 7.09. The fourth-order valence-electron chi connectivity index (χ4n) is 3.36. The largest absolute Gasteiger partial charge is 0.352 e. The highest BCUT2D eigenvalue weighted by Gasteiger charge is 2.19. The molecule has 28 heavy (non-hydrogen) atoms. The van der Waals surface area contributed by atoms with Gasteiger partial charge >= 0.3 is 0 Å². The molecule has 1 N–H and O–H groups in total. The van der Waals surface area contributed by atoms with Gasteiger partial charge in [-0.1, -0.05) is 52.3 Å². The van der Waals surface area contributed by atoms with Crippen molar-refractivity contribution in [2.45, 2.75) is 32.5 Å². The van der Waals surface area contributed by atoms with E-state index in [9.17, 15) is 4.79 Å². The summed E-state index contributed by atoms with van der Waals surface area (Å²) in [7, 11) is 3.84. The van der Waals surface area contributed by atoms with Crippen LogP contribution in [0, 0.1) is 0 Å². The first-order valence-electron chi connectivity index (χ1n) is 9.57. The highest BCUT2D eigenvalue weighted by Crippen LogP contribution is 2.15. The van der Waals surface area contributed by atoms with Gasteiger partial charge < -0.3 is 15.1 Å². The minimum atomic E-state index is 0.267. The third-order valence-corrected chi connectivity index (χ3v) is 5.45. The van der Waals surface area contributed by atoms with Gasteiger partial charge in [-0.2, -0.15) is 0 Å². The number of carbonyl (C=O) groups excluding carboxylic acids is 1. The number of aliphatic imine (C=N–C) groups is 1. The Balaban J connectivity index is 1.51. The quantitative estimate of drug-likeness (QED) is 0.546. The molecule has 5 nitrogen and oxygen atoms in total. The topological polar surface area (TPSA) is 47.9 Å². The predicted octanol–water partition coefficient (Wildman–Crippen LogP) is 3.78. The van der Waals surface area contributed by atoms with Crippen molar-refractivity contribution in [2.24, 2.45) is 4.99 Å². The van der Waals surface area contributed by atoms with Gasteiger partial charge in [0.25, 0.3) is 0 Å². The summed E-state index contributed by atoms with van der Waals surface area (Å²) in [5.41, 5.74) is 3.60. The van der Waals surface area contributed by atoms with Crippen LogP contribution in [0.15, 0.2) is 58.0 Å². The first-order valence-corrected chi connectivity index (χ1v) is 10.4. The van der Waals surface area contributed by atoms with Gasteiger partial charge in [0.1, 0.15) is 0 Å². The Hall–Kier alpha value is -2.34. The average Bonchev–Trinajstić information content (AvgIpc) is 3.10. The van der Waals surface area contributed by atoms with Gasteiger partial charge in [-0.05, 0) is 35.2 Å². The second kappa shape index (κ2) is 9.73. The molecule has 6 heteroatoms. The first kappa shape index (κ1) is 20.4. The smallest absolute Gasteiger partial charge is 0.222 e. The summed E-state index contributed by atoms with van der Waals surface area (Å²) in [6.45, 7) is 3.09. The van der Waals surface area contributed by atoms with Crippen molar-refractivity contribution in [1.82, 2.24) is 15.1 Å². The molecule has 2 aromatic carbocycles. The summed E-state index contributed by atoms with van der Waals surface area (Å²) in [5, 5.41) is 3.42. The van der Waals surface area contributed by atoms with Crippen LogP contribution in [0.1, 0.15) is 29.5 Å². The first-order chi connectivity index (χ1) is 13.5. The molecule has 0 saturated carbocycles. The normalized spacial score (nSPS) is 14.5. The molecule has 3 rings (SSSR count). The monoisotopic (exact) mass is 442 g/mol. The zero-order valence-electron chi connectivity index (χ0n) is 16.5. The number of likely N-dealkylation sites (tertiary alicyclic amines) is 1. The van der Waals surface area contributed by atoms with Crippen molar-refractivity contribution >= 4 is 27.8 Å². The van der Waals surface area contributed by atoms with Gasteiger partial charge in [-0.3, -0.25) is 9.79 Å². The van der Waals surface area contributed by atoms with Crippen molar-refractivity contribution in [3.8, 4) is 0 Å². The van der Waals surface area contributed by atoms with Crippen molar-refractivity contribution in [1.29, 1.82) is 0 Å². The van der Waals surface area contributed by atoms with E-state index in [0.29, 0.717) is 19.5 Å². The molecule has 0 radical (unpaired) electrons. The number of halogens is 1. The van der Waals surface area contributed by atoms with Crippen molar-refractivity contribution < 1.29 is 4.79 Å². The van der Waals surface area contributed by atoms with Crippen molar-refractivity contribution in [3.63, 3.8) is 0 Å². The number of hydrogen-bond donors (Lipinski definition) is 1. The maximum atomic E-state index is 11.8. The van der Waals surface area contributed by atoms with E-state index in [1.54, 1.807) is 7.05 Å². The van der Waals surface area contributed by atoms with Gasteiger partial charge in [0.2, 0.25) is 5.91 Å². The van der Waals surface area contributed by atoms with E-state index in [1.165, 1.54) is 16.7 Å². The number of amides is 1. The Morgan fingerprint density at radius 1 is 1.11 bits per heavy atom. The number of carbonyl (C=O) groups is 1. The molecule has 2 aromatic rings. The number of benzene rings is 2. The number of guanidine groups is 1. The van der Waals surface area contributed by atoms with E-state index in [0.717, 1.165) is 29.9 Å². The van der Waals surface area contributed by atoms with Crippen LogP contribution in [0.2, 0.25) is 0 Å². The molecule has 0 spiro atoms. The number of hydrogen-bond acceptors (Lipinski definition) is 2. The summed E-state index contributed by atoms with van der Waals surface area (Å²) >= 11 is 3.47. The lowest BCUT2D eigenvalue weighted by atomic mass is 10.1. The Bertz CT molecular complexity index is 817. The molecule has 1 heterocycles. The molecular formula is C22H27BrN4O. The minimum Gasteiger partial charge on any atom is -0.352 e. The Morgan fingerprint density at radius 2 is 1.75 bits per heavy atom. The molecule has 1 amide bonds. The van der Waals surface area contributed by atoms with Crippen LogP contribution in [0.3, 0.4) is 0 Å². The molecule has 0 bridgehead atoms. The van der Waals surface area contributed by atoms with E-state index >= 15 is 0 Å². The maximum absolute atomic E-state index is 11.8. The van der Waals surface area contributed by atoms with Crippen LogP contribution in [0.4, 0.5) is 0 Å². The summed E-state index contributed by atoms with van der Waals surface area (Å²) in [4.78, 5) is 20.2. The highest BCUT2D eigenvalue weighted by molar-refractivity contribution is 9.10. The highest BCUT2D eigenvalue weighted by atomic mass is 79.9. The van der Waals surface area contributed by atoms with Crippen LogP contribution >= 0.6 is 15.9 Å². The lowest BCUT2D eigenvalue weighted by molar-refractivity contribution is -0.128. The summed E-state index contributed by atoms with van der Waals surface area (Å²) in [6.07, 6.45) is 1.67. The van der Waals surface area contributed by atoms with E-state index in [4.69, 9.17) is 0 Å². The molecule has 1 saturated heterocycles.